The minimum absolute atomic E-state index is 0.111. The Hall–Kier alpha value is -1.56. The van der Waals surface area contributed by atoms with Crippen LogP contribution in [0.25, 0.3) is 0 Å². The molecule has 0 saturated carbocycles. The van der Waals surface area contributed by atoms with Crippen LogP contribution >= 0.6 is 0 Å². The Kier molecular flexibility index (Phi) is 7.87. The summed E-state index contributed by atoms with van der Waals surface area (Å²) >= 11 is 0. The smallest absolute Gasteiger partial charge is 0.348 e. The van der Waals surface area contributed by atoms with E-state index in [1.807, 2.05) is 13.0 Å². The number of nitrogens with zero attached hydrogens (tertiary/aromatic N) is 1. The molecular formula is C13H19NO2. The van der Waals surface area contributed by atoms with Gasteiger partial charge >= 0.3 is 5.97 Å². The first kappa shape index (κ1) is 14.4. The predicted molar refractivity (Wildman–Crippen MR) is 63.6 cm³/mol. The number of carbonyl (C=O) groups is 1. The van der Waals surface area contributed by atoms with Crippen LogP contribution in [0.1, 0.15) is 40.0 Å². The summed E-state index contributed by atoms with van der Waals surface area (Å²) in [6, 6.07) is 1.86. The maximum Gasteiger partial charge on any atom is 0.348 e. The first-order valence-electron chi connectivity index (χ1n) is 5.54. The van der Waals surface area contributed by atoms with Gasteiger partial charge in [-0.15, -0.1) is 0 Å². The van der Waals surface area contributed by atoms with Gasteiger partial charge in [0.05, 0.1) is 6.61 Å². The lowest BCUT2D eigenvalue weighted by molar-refractivity contribution is -0.138. The van der Waals surface area contributed by atoms with Crippen LogP contribution < -0.4 is 0 Å². The van der Waals surface area contributed by atoms with Crippen molar-refractivity contribution in [2.75, 3.05) is 6.61 Å². The number of rotatable bonds is 6. The lowest BCUT2D eigenvalue weighted by Crippen LogP contribution is -2.06. The molecule has 0 aliphatic rings. The normalized spacial score (nSPS) is 12.1. The molecule has 0 fully saturated rings. The maximum atomic E-state index is 11.2. The molecule has 0 aromatic carbocycles. The average Bonchev–Trinajstić information content (AvgIpc) is 2.29. The van der Waals surface area contributed by atoms with E-state index >= 15 is 0 Å². The number of nitriles is 1. The fourth-order valence-electron chi connectivity index (χ4n) is 1.16. The Labute approximate surface area is 97.4 Å². The summed E-state index contributed by atoms with van der Waals surface area (Å²) in [5.74, 6) is -0.521. The topological polar surface area (TPSA) is 50.1 Å². The first-order chi connectivity index (χ1) is 7.65. The molecule has 0 N–H and O–H groups in total. The second-order valence-electron chi connectivity index (χ2n) is 3.48. The van der Waals surface area contributed by atoms with Gasteiger partial charge < -0.3 is 4.74 Å². The zero-order valence-corrected chi connectivity index (χ0v) is 10.2. The SMILES string of the molecule is C/C=C(/C)CCC/C=C(\C#N)C(=O)OCC. The lowest BCUT2D eigenvalue weighted by Gasteiger charge is -2.00. The van der Waals surface area contributed by atoms with Crippen LogP contribution in [0.5, 0.6) is 0 Å². The van der Waals surface area contributed by atoms with E-state index in [1.165, 1.54) is 5.57 Å². The van der Waals surface area contributed by atoms with Crippen molar-refractivity contribution in [2.45, 2.75) is 40.0 Å². The van der Waals surface area contributed by atoms with Gasteiger partial charge in [-0.05, 0) is 40.0 Å². The van der Waals surface area contributed by atoms with Crippen molar-refractivity contribution in [2.24, 2.45) is 0 Å². The van der Waals surface area contributed by atoms with Crippen molar-refractivity contribution >= 4 is 5.97 Å². The van der Waals surface area contributed by atoms with Crippen molar-refractivity contribution < 1.29 is 9.53 Å². The zero-order valence-electron chi connectivity index (χ0n) is 10.2. The minimum Gasteiger partial charge on any atom is -0.462 e. The highest BCUT2D eigenvalue weighted by molar-refractivity contribution is 5.92. The molecule has 0 radical (unpaired) electrons. The summed E-state index contributed by atoms with van der Waals surface area (Å²) in [5, 5.41) is 8.75. The monoisotopic (exact) mass is 221 g/mol. The number of esters is 1. The lowest BCUT2D eigenvalue weighted by atomic mass is 10.1. The molecule has 0 rings (SSSR count). The van der Waals surface area contributed by atoms with Crippen LogP contribution in [-0.2, 0) is 9.53 Å². The summed E-state index contributed by atoms with van der Waals surface area (Å²) in [6.07, 6.45) is 6.39. The van der Waals surface area contributed by atoms with Gasteiger partial charge in [0.1, 0.15) is 11.6 Å². The average molecular weight is 221 g/mol. The molecule has 0 aromatic rings. The molecule has 0 bridgehead atoms. The minimum atomic E-state index is -0.521. The van der Waals surface area contributed by atoms with Crippen LogP contribution in [0, 0.1) is 11.3 Å². The van der Waals surface area contributed by atoms with Gasteiger partial charge in [0.15, 0.2) is 0 Å². The fourth-order valence-corrected chi connectivity index (χ4v) is 1.16. The van der Waals surface area contributed by atoms with Gasteiger partial charge in [-0.25, -0.2) is 4.79 Å². The second-order valence-corrected chi connectivity index (χ2v) is 3.48. The maximum absolute atomic E-state index is 11.2. The third-order valence-electron chi connectivity index (χ3n) is 2.23. The molecule has 0 aromatic heterocycles. The third-order valence-corrected chi connectivity index (χ3v) is 2.23. The van der Waals surface area contributed by atoms with Crippen LogP contribution in [0.2, 0.25) is 0 Å². The van der Waals surface area contributed by atoms with Gasteiger partial charge in [-0.1, -0.05) is 17.7 Å². The quantitative estimate of drug-likeness (QED) is 0.227. The van der Waals surface area contributed by atoms with E-state index in [9.17, 15) is 4.79 Å². The Morgan fingerprint density at radius 2 is 2.19 bits per heavy atom. The highest BCUT2D eigenvalue weighted by atomic mass is 16.5. The summed E-state index contributed by atoms with van der Waals surface area (Å²) in [6.45, 7) is 6.10. The van der Waals surface area contributed by atoms with E-state index in [4.69, 9.17) is 10.00 Å². The second kappa shape index (κ2) is 8.72. The van der Waals surface area contributed by atoms with Gasteiger partial charge in [-0.2, -0.15) is 5.26 Å². The van der Waals surface area contributed by atoms with E-state index in [-0.39, 0.29) is 5.57 Å². The molecule has 0 aliphatic heterocycles. The van der Waals surface area contributed by atoms with Crippen molar-refractivity contribution in [1.29, 1.82) is 5.26 Å². The molecule has 0 heterocycles. The van der Waals surface area contributed by atoms with Crippen LogP contribution in [0.4, 0.5) is 0 Å². The highest BCUT2D eigenvalue weighted by Crippen LogP contribution is 2.08. The Balaban J connectivity index is 4.09. The summed E-state index contributed by atoms with van der Waals surface area (Å²) < 4.78 is 4.75. The summed E-state index contributed by atoms with van der Waals surface area (Å²) in [4.78, 5) is 11.2. The Bertz CT molecular complexity index is 321. The van der Waals surface area contributed by atoms with E-state index in [0.717, 1.165) is 19.3 Å². The van der Waals surface area contributed by atoms with Crippen molar-refractivity contribution in [1.82, 2.24) is 0 Å². The molecule has 3 nitrogen and oxygen atoms in total. The molecule has 16 heavy (non-hydrogen) atoms. The van der Waals surface area contributed by atoms with E-state index < -0.39 is 5.97 Å². The predicted octanol–water partition coefficient (Wildman–Crippen LogP) is 3.14. The van der Waals surface area contributed by atoms with Crippen molar-refractivity contribution in [3.8, 4) is 6.07 Å². The van der Waals surface area contributed by atoms with E-state index in [1.54, 1.807) is 13.0 Å². The third kappa shape index (κ3) is 6.02. The van der Waals surface area contributed by atoms with Crippen LogP contribution in [0.15, 0.2) is 23.3 Å². The molecule has 0 atom stereocenters. The number of hydrogen-bond donors (Lipinski definition) is 0. The highest BCUT2D eigenvalue weighted by Gasteiger charge is 2.08. The number of hydrogen-bond acceptors (Lipinski definition) is 3. The van der Waals surface area contributed by atoms with Crippen molar-refractivity contribution in [3.05, 3.63) is 23.3 Å². The van der Waals surface area contributed by atoms with Gasteiger partial charge in [0, 0.05) is 0 Å². The number of allylic oxidation sites excluding steroid dienone is 3. The summed E-state index contributed by atoms with van der Waals surface area (Å²) in [5.41, 5.74) is 1.43. The van der Waals surface area contributed by atoms with Crippen LogP contribution in [0.3, 0.4) is 0 Å². The Morgan fingerprint density at radius 1 is 1.50 bits per heavy atom. The van der Waals surface area contributed by atoms with Gasteiger partial charge in [0.2, 0.25) is 0 Å². The van der Waals surface area contributed by atoms with Crippen LogP contribution in [-0.4, -0.2) is 12.6 Å². The summed E-state index contributed by atoms with van der Waals surface area (Å²) in [7, 11) is 0. The molecule has 3 heteroatoms. The largest absolute Gasteiger partial charge is 0.462 e. The molecule has 0 spiro atoms. The van der Waals surface area contributed by atoms with Gasteiger partial charge in [0.25, 0.3) is 0 Å². The number of unbranched alkanes of at least 4 members (excludes halogenated alkanes) is 1. The molecule has 0 unspecified atom stereocenters. The molecule has 0 amide bonds. The Morgan fingerprint density at radius 3 is 2.69 bits per heavy atom. The fraction of sp³-hybridized carbons (Fsp3) is 0.538. The molecule has 0 aliphatic carbocycles. The molecule has 0 saturated heterocycles. The number of carbonyl (C=O) groups excluding carboxylic acids is 1. The molecular weight excluding hydrogens is 202 g/mol. The first-order valence-corrected chi connectivity index (χ1v) is 5.54. The standard InChI is InChI=1S/C13H19NO2/c1-4-11(3)8-6-7-9-12(10-14)13(15)16-5-2/h4,9H,5-8H2,1-3H3/b11-4-,12-9+. The molecule has 88 valence electrons. The van der Waals surface area contributed by atoms with E-state index in [0.29, 0.717) is 6.61 Å². The zero-order chi connectivity index (χ0) is 12.4. The van der Waals surface area contributed by atoms with Gasteiger partial charge in [-0.3, -0.25) is 0 Å². The number of ether oxygens (including phenoxy) is 1. The van der Waals surface area contributed by atoms with Crippen molar-refractivity contribution in [3.63, 3.8) is 0 Å². The van der Waals surface area contributed by atoms with E-state index in [2.05, 4.69) is 13.0 Å².